The molecule has 2 aromatic heterocycles. The number of nitrogens with zero attached hydrogens (tertiary/aromatic N) is 6. The highest BCUT2D eigenvalue weighted by molar-refractivity contribution is 6.04. The fraction of sp³-hybridized carbons (Fsp3) is 0.292. The van der Waals surface area contributed by atoms with Crippen molar-refractivity contribution in [2.75, 3.05) is 13.1 Å². The third-order valence-electron chi connectivity index (χ3n) is 6.12. The summed E-state index contributed by atoms with van der Waals surface area (Å²) in [7, 11) is 0. The molecule has 2 atom stereocenters. The van der Waals surface area contributed by atoms with Crippen LogP contribution in [0, 0.1) is 6.92 Å². The Balaban J connectivity index is 1.49. The van der Waals surface area contributed by atoms with Gasteiger partial charge in [0.15, 0.2) is 12.1 Å². The van der Waals surface area contributed by atoms with Crippen molar-refractivity contribution in [1.82, 2.24) is 30.3 Å². The number of rotatable bonds is 5. The van der Waals surface area contributed by atoms with E-state index in [0.29, 0.717) is 41.7 Å². The highest BCUT2D eigenvalue weighted by Crippen LogP contribution is 2.35. The number of aliphatic hydroxyl groups excluding tert-OH is 1. The maximum atomic E-state index is 12.2. The van der Waals surface area contributed by atoms with Crippen LogP contribution in [0.15, 0.2) is 54.2 Å². The number of aliphatic hydroxyl groups is 1. The number of carbonyl (C=O) groups is 1. The lowest BCUT2D eigenvalue weighted by Crippen LogP contribution is -2.41. The molecule has 2 aliphatic rings. The molecule has 0 aliphatic carbocycles. The van der Waals surface area contributed by atoms with Crippen LogP contribution in [0.3, 0.4) is 0 Å². The van der Waals surface area contributed by atoms with E-state index in [0.717, 1.165) is 24.1 Å². The SMILES string of the molecule is C=CC(=O)N1CCCC(n2nc(-c3ccc(Oc4ccc(C)nn4)cc3)c3c2C(O)NN=C3N)C1. The van der Waals surface area contributed by atoms with E-state index < -0.39 is 6.23 Å². The van der Waals surface area contributed by atoms with Crippen molar-refractivity contribution in [3.05, 3.63) is 66.0 Å². The predicted octanol–water partition coefficient (Wildman–Crippen LogP) is 2.00. The third kappa shape index (κ3) is 4.33. The maximum absolute atomic E-state index is 12.2. The average molecular weight is 475 g/mol. The van der Waals surface area contributed by atoms with Gasteiger partial charge in [0, 0.05) is 24.7 Å². The normalized spacial score (nSPS) is 19.4. The van der Waals surface area contributed by atoms with E-state index in [1.165, 1.54) is 6.08 Å². The summed E-state index contributed by atoms with van der Waals surface area (Å²) in [5, 5.41) is 27.7. The summed E-state index contributed by atoms with van der Waals surface area (Å²) in [6.45, 7) is 6.58. The van der Waals surface area contributed by atoms with Crippen molar-refractivity contribution in [2.45, 2.75) is 32.0 Å². The number of fused-ring (bicyclic) bond motifs is 1. The molecule has 1 amide bonds. The molecule has 180 valence electrons. The summed E-state index contributed by atoms with van der Waals surface area (Å²) in [5.74, 6) is 1.10. The summed E-state index contributed by atoms with van der Waals surface area (Å²) >= 11 is 0. The molecule has 0 spiro atoms. The average Bonchev–Trinajstić information content (AvgIpc) is 3.30. The molecule has 3 aromatic rings. The van der Waals surface area contributed by atoms with Gasteiger partial charge in [-0.1, -0.05) is 6.58 Å². The zero-order valence-electron chi connectivity index (χ0n) is 19.3. The maximum Gasteiger partial charge on any atom is 0.246 e. The number of nitrogens with two attached hydrogens (primary N) is 1. The topological polar surface area (TPSA) is 144 Å². The van der Waals surface area contributed by atoms with Gasteiger partial charge in [-0.05, 0) is 56.2 Å². The standard InChI is InChI=1S/C24H26N8O3/c1-3-19(33)31-12-4-5-16(13-31)32-22-20(23(25)28-29-24(22)34)21(30-32)15-7-9-17(10-8-15)35-18-11-6-14(2)26-27-18/h3,6-11,16,24,29,34H,1,4-5,12-13H2,2H3,(H2,25,28). The van der Waals surface area contributed by atoms with Crippen LogP contribution in [-0.2, 0) is 4.79 Å². The third-order valence-corrected chi connectivity index (χ3v) is 6.12. The number of carbonyl (C=O) groups excluding carboxylic acids is 1. The number of hydrogen-bond donors (Lipinski definition) is 3. The van der Waals surface area contributed by atoms with Gasteiger partial charge in [-0.15, -0.1) is 5.10 Å². The number of aromatic nitrogens is 4. The lowest BCUT2D eigenvalue weighted by molar-refractivity contribution is -0.127. The molecule has 0 radical (unpaired) electrons. The number of amidine groups is 1. The van der Waals surface area contributed by atoms with Crippen LogP contribution in [0.25, 0.3) is 11.3 Å². The number of piperidine rings is 1. The van der Waals surface area contributed by atoms with Gasteiger partial charge < -0.3 is 20.5 Å². The molecular formula is C24H26N8O3. The van der Waals surface area contributed by atoms with Crippen molar-refractivity contribution in [1.29, 1.82) is 0 Å². The van der Waals surface area contributed by atoms with Gasteiger partial charge in [0.25, 0.3) is 0 Å². The zero-order chi connectivity index (χ0) is 24.5. The number of aryl methyl sites for hydroxylation is 1. The molecule has 5 rings (SSSR count). The molecule has 0 saturated carbocycles. The predicted molar refractivity (Wildman–Crippen MR) is 128 cm³/mol. The number of hydrazone groups is 1. The van der Waals surface area contributed by atoms with Crippen LogP contribution in [-0.4, -0.2) is 54.8 Å². The molecule has 11 nitrogen and oxygen atoms in total. The second-order valence-electron chi connectivity index (χ2n) is 8.51. The molecule has 35 heavy (non-hydrogen) atoms. The Hall–Kier alpha value is -4.25. The first kappa shape index (κ1) is 22.5. The minimum atomic E-state index is -1.08. The van der Waals surface area contributed by atoms with E-state index in [1.54, 1.807) is 27.8 Å². The van der Waals surface area contributed by atoms with Gasteiger partial charge in [-0.3, -0.25) is 14.9 Å². The Kier molecular flexibility index (Phi) is 5.91. The van der Waals surface area contributed by atoms with E-state index in [9.17, 15) is 9.90 Å². The van der Waals surface area contributed by atoms with Crippen LogP contribution in [0.2, 0.25) is 0 Å². The largest absolute Gasteiger partial charge is 0.438 e. The quantitative estimate of drug-likeness (QED) is 0.477. The number of ether oxygens (including phenoxy) is 1. The molecule has 1 aromatic carbocycles. The second-order valence-corrected chi connectivity index (χ2v) is 8.51. The van der Waals surface area contributed by atoms with Crippen molar-refractivity contribution < 1.29 is 14.6 Å². The summed E-state index contributed by atoms with van der Waals surface area (Å²) < 4.78 is 7.55. The molecule has 11 heteroatoms. The van der Waals surface area contributed by atoms with Crippen LogP contribution in [0.4, 0.5) is 0 Å². The minimum Gasteiger partial charge on any atom is -0.438 e. The summed E-state index contributed by atoms with van der Waals surface area (Å²) in [6.07, 6.45) is 1.86. The Labute approximate surface area is 201 Å². The van der Waals surface area contributed by atoms with Crippen molar-refractivity contribution in [2.24, 2.45) is 10.8 Å². The number of benzene rings is 1. The van der Waals surface area contributed by atoms with Gasteiger partial charge in [0.1, 0.15) is 17.1 Å². The zero-order valence-corrected chi connectivity index (χ0v) is 19.3. The van der Waals surface area contributed by atoms with E-state index in [4.69, 9.17) is 15.6 Å². The summed E-state index contributed by atoms with van der Waals surface area (Å²) in [5.41, 5.74) is 12.2. The second kappa shape index (κ2) is 9.18. The first-order valence-corrected chi connectivity index (χ1v) is 11.3. The first-order valence-electron chi connectivity index (χ1n) is 11.3. The number of nitrogens with one attached hydrogen (secondary N) is 1. The molecule has 0 bridgehead atoms. The minimum absolute atomic E-state index is 0.121. The highest BCUT2D eigenvalue weighted by Gasteiger charge is 2.34. The van der Waals surface area contributed by atoms with Crippen molar-refractivity contribution >= 4 is 11.7 Å². The van der Waals surface area contributed by atoms with Gasteiger partial charge in [0.2, 0.25) is 11.8 Å². The van der Waals surface area contributed by atoms with Gasteiger partial charge in [-0.2, -0.15) is 15.3 Å². The van der Waals surface area contributed by atoms with E-state index in [-0.39, 0.29) is 17.8 Å². The van der Waals surface area contributed by atoms with Crippen molar-refractivity contribution in [3.63, 3.8) is 0 Å². The summed E-state index contributed by atoms with van der Waals surface area (Å²) in [4.78, 5) is 14.0. The van der Waals surface area contributed by atoms with Crippen LogP contribution in [0.5, 0.6) is 11.6 Å². The van der Waals surface area contributed by atoms with Crippen molar-refractivity contribution in [3.8, 4) is 22.9 Å². The Morgan fingerprint density at radius 1 is 1.26 bits per heavy atom. The molecular weight excluding hydrogens is 448 g/mol. The molecule has 4 heterocycles. The molecule has 2 aliphatic heterocycles. The van der Waals surface area contributed by atoms with Gasteiger partial charge in [-0.25, -0.2) is 0 Å². The lowest BCUT2D eigenvalue weighted by Gasteiger charge is -2.33. The van der Waals surface area contributed by atoms with Crippen LogP contribution in [0.1, 0.15) is 42.1 Å². The highest BCUT2D eigenvalue weighted by atomic mass is 16.5. The molecule has 1 saturated heterocycles. The van der Waals surface area contributed by atoms with Crippen LogP contribution >= 0.6 is 0 Å². The molecule has 1 fully saturated rings. The fourth-order valence-electron chi connectivity index (χ4n) is 4.42. The molecule has 4 N–H and O–H groups in total. The van der Waals surface area contributed by atoms with E-state index in [1.807, 2.05) is 25.1 Å². The van der Waals surface area contributed by atoms with Gasteiger partial charge in [0.05, 0.1) is 17.3 Å². The molecule has 2 unspecified atom stereocenters. The van der Waals surface area contributed by atoms with Gasteiger partial charge >= 0.3 is 0 Å². The lowest BCUT2D eigenvalue weighted by atomic mass is 10.0. The monoisotopic (exact) mass is 474 g/mol. The van der Waals surface area contributed by atoms with Crippen LogP contribution < -0.4 is 15.9 Å². The Morgan fingerprint density at radius 2 is 2.06 bits per heavy atom. The summed E-state index contributed by atoms with van der Waals surface area (Å²) in [6, 6.07) is 10.8. The first-order chi connectivity index (χ1) is 16.9. The number of likely N-dealkylation sites (tertiary alicyclic amines) is 1. The smallest absolute Gasteiger partial charge is 0.246 e. The number of hydrogen-bond acceptors (Lipinski definition) is 9. The Morgan fingerprint density at radius 3 is 2.77 bits per heavy atom. The van der Waals surface area contributed by atoms with E-state index in [2.05, 4.69) is 27.3 Å². The van der Waals surface area contributed by atoms with E-state index >= 15 is 0 Å². The fourth-order valence-corrected chi connectivity index (χ4v) is 4.42. The Bertz CT molecular complexity index is 1280. The number of amides is 1.